The number of carboxylic acids is 1. The Hall–Kier alpha value is -3.52. The first-order chi connectivity index (χ1) is 15.8. The number of carbonyl (C=O) groups excluding carboxylic acids is 3. The number of nitrogens with one attached hydrogen (secondary N) is 1. The lowest BCUT2D eigenvalue weighted by Gasteiger charge is -2.22. The van der Waals surface area contributed by atoms with Gasteiger partial charge < -0.3 is 20.2 Å². The third-order valence-corrected chi connectivity index (χ3v) is 5.72. The average Bonchev–Trinajstić information content (AvgIpc) is 2.79. The molecule has 8 nitrogen and oxygen atoms in total. The van der Waals surface area contributed by atoms with Crippen molar-refractivity contribution in [3.05, 3.63) is 64.7 Å². The van der Waals surface area contributed by atoms with Gasteiger partial charge in [-0.2, -0.15) is 0 Å². The average molecular weight is 452 g/mol. The fourth-order valence-corrected chi connectivity index (χ4v) is 4.02. The van der Waals surface area contributed by atoms with Gasteiger partial charge in [0, 0.05) is 42.4 Å². The molecule has 8 heteroatoms. The van der Waals surface area contributed by atoms with E-state index in [1.54, 1.807) is 36.4 Å². The molecule has 0 saturated heterocycles. The molecule has 3 rings (SSSR count). The van der Waals surface area contributed by atoms with Crippen molar-refractivity contribution in [1.29, 1.82) is 0 Å². The van der Waals surface area contributed by atoms with Crippen molar-refractivity contribution in [2.24, 2.45) is 0 Å². The number of fused-ring (bicyclic) bond motifs is 2. The molecule has 33 heavy (non-hydrogen) atoms. The molecule has 1 aliphatic rings. The molecular formula is C25H29N3O5. The molecule has 0 saturated carbocycles. The molecule has 0 fully saturated rings. The minimum atomic E-state index is -1.02. The summed E-state index contributed by atoms with van der Waals surface area (Å²) in [7, 11) is 1.97. The van der Waals surface area contributed by atoms with Gasteiger partial charge in [-0.05, 0) is 39.0 Å². The Kier molecular flexibility index (Phi) is 7.95. The Morgan fingerprint density at radius 3 is 2.18 bits per heavy atom. The number of anilines is 1. The number of ketones is 2. The Morgan fingerprint density at radius 2 is 1.52 bits per heavy atom. The highest BCUT2D eigenvalue weighted by Crippen LogP contribution is 2.31. The van der Waals surface area contributed by atoms with Gasteiger partial charge in [0.2, 0.25) is 5.91 Å². The predicted molar refractivity (Wildman–Crippen MR) is 125 cm³/mol. The quantitative estimate of drug-likeness (QED) is 0.432. The summed E-state index contributed by atoms with van der Waals surface area (Å²) in [6.45, 7) is 3.64. The van der Waals surface area contributed by atoms with Crippen LogP contribution in [0.15, 0.2) is 42.5 Å². The smallest absolute Gasteiger partial charge is 0.323 e. The lowest BCUT2D eigenvalue weighted by atomic mass is 9.83. The fourth-order valence-electron chi connectivity index (χ4n) is 4.02. The third kappa shape index (κ3) is 5.84. The van der Waals surface area contributed by atoms with Crippen molar-refractivity contribution < 1.29 is 24.3 Å². The summed E-state index contributed by atoms with van der Waals surface area (Å²) in [4.78, 5) is 51.7. The van der Waals surface area contributed by atoms with Crippen molar-refractivity contribution in [2.45, 2.75) is 19.8 Å². The van der Waals surface area contributed by atoms with Gasteiger partial charge in [-0.3, -0.25) is 19.2 Å². The van der Waals surface area contributed by atoms with E-state index in [2.05, 4.69) is 10.2 Å². The second-order valence-electron chi connectivity index (χ2n) is 8.20. The summed E-state index contributed by atoms with van der Waals surface area (Å²) in [5, 5.41) is 12.2. The van der Waals surface area contributed by atoms with E-state index in [0.29, 0.717) is 47.5 Å². The highest BCUT2D eigenvalue weighted by Gasteiger charge is 2.31. The number of aliphatic carboxylic acids is 1. The Bertz CT molecular complexity index is 1070. The number of hydrogen-bond acceptors (Lipinski definition) is 6. The van der Waals surface area contributed by atoms with Crippen molar-refractivity contribution in [3.63, 3.8) is 0 Å². The van der Waals surface area contributed by atoms with E-state index in [9.17, 15) is 19.2 Å². The van der Waals surface area contributed by atoms with Crippen LogP contribution in [0.1, 0.15) is 51.6 Å². The van der Waals surface area contributed by atoms with Crippen LogP contribution >= 0.6 is 0 Å². The lowest BCUT2D eigenvalue weighted by Crippen LogP contribution is -2.36. The molecule has 0 heterocycles. The van der Waals surface area contributed by atoms with Crippen LogP contribution in [0.3, 0.4) is 0 Å². The van der Waals surface area contributed by atoms with E-state index in [1.807, 2.05) is 13.1 Å². The molecule has 0 bridgehead atoms. The zero-order valence-corrected chi connectivity index (χ0v) is 19.0. The van der Waals surface area contributed by atoms with Crippen molar-refractivity contribution in [2.75, 3.05) is 45.1 Å². The highest BCUT2D eigenvalue weighted by atomic mass is 16.4. The molecular weight excluding hydrogens is 422 g/mol. The van der Waals surface area contributed by atoms with E-state index in [4.69, 9.17) is 5.11 Å². The van der Waals surface area contributed by atoms with Crippen LogP contribution in [0.2, 0.25) is 0 Å². The van der Waals surface area contributed by atoms with Crippen LogP contribution in [0.4, 0.5) is 5.69 Å². The Labute approximate surface area is 193 Å². The molecule has 0 aliphatic heterocycles. The molecule has 0 aromatic heterocycles. The maximum absolute atomic E-state index is 13.0. The first-order valence-corrected chi connectivity index (χ1v) is 11.0. The molecule has 0 spiro atoms. The first kappa shape index (κ1) is 24.1. The van der Waals surface area contributed by atoms with Crippen LogP contribution in [0, 0.1) is 0 Å². The number of carboxylic acid groups (broad SMARTS) is 1. The summed E-state index contributed by atoms with van der Waals surface area (Å²) >= 11 is 0. The number of rotatable bonds is 11. The summed E-state index contributed by atoms with van der Waals surface area (Å²) in [6, 6.07) is 12.2. The maximum atomic E-state index is 13.0. The normalized spacial score (nSPS) is 12.3. The number of benzene rings is 2. The molecule has 0 radical (unpaired) electrons. The lowest BCUT2D eigenvalue weighted by molar-refractivity contribution is -0.143. The zero-order valence-electron chi connectivity index (χ0n) is 19.0. The molecule has 2 aromatic carbocycles. The topological polar surface area (TPSA) is 107 Å². The third-order valence-electron chi connectivity index (χ3n) is 5.72. The Balaban J connectivity index is 1.50. The van der Waals surface area contributed by atoms with Gasteiger partial charge in [-0.25, -0.2) is 0 Å². The number of amides is 1. The fraction of sp³-hybridized carbons (Fsp3) is 0.360. The van der Waals surface area contributed by atoms with Gasteiger partial charge in [-0.15, -0.1) is 0 Å². The molecule has 2 N–H and O–H groups in total. The molecule has 1 aliphatic carbocycles. The summed E-state index contributed by atoms with van der Waals surface area (Å²) < 4.78 is 0. The van der Waals surface area contributed by atoms with Crippen LogP contribution in [0.5, 0.6) is 0 Å². The molecule has 0 unspecified atom stereocenters. The van der Waals surface area contributed by atoms with E-state index in [1.165, 1.54) is 11.8 Å². The summed E-state index contributed by atoms with van der Waals surface area (Å²) in [5.74, 6) is -1.54. The predicted octanol–water partition coefficient (Wildman–Crippen LogP) is 2.52. The van der Waals surface area contributed by atoms with Crippen LogP contribution in [-0.4, -0.2) is 78.1 Å². The summed E-state index contributed by atoms with van der Waals surface area (Å²) in [6.07, 6.45) is 1.49. The number of carbonyl (C=O) groups is 4. The van der Waals surface area contributed by atoms with Crippen LogP contribution in [-0.2, 0) is 9.59 Å². The van der Waals surface area contributed by atoms with Gasteiger partial charge >= 0.3 is 5.97 Å². The van der Waals surface area contributed by atoms with Crippen molar-refractivity contribution in [3.8, 4) is 0 Å². The highest BCUT2D eigenvalue weighted by molar-refractivity contribution is 6.30. The van der Waals surface area contributed by atoms with E-state index in [-0.39, 0.29) is 24.0 Å². The molecule has 174 valence electrons. The van der Waals surface area contributed by atoms with Gasteiger partial charge in [0.25, 0.3) is 0 Å². The SMILES string of the molecule is CC(=O)N(CCCN(C)CCCNc1cccc2c1C(=O)c1ccccc1C2=O)CC(=O)O. The minimum Gasteiger partial charge on any atom is -0.480 e. The van der Waals surface area contributed by atoms with E-state index in [0.717, 1.165) is 19.5 Å². The second-order valence-corrected chi connectivity index (χ2v) is 8.20. The first-order valence-electron chi connectivity index (χ1n) is 11.0. The zero-order chi connectivity index (χ0) is 24.0. The van der Waals surface area contributed by atoms with Crippen LogP contribution in [0.25, 0.3) is 0 Å². The molecule has 0 atom stereocenters. The Morgan fingerprint density at radius 1 is 0.879 bits per heavy atom. The standard InChI is InChI=1S/C25H29N3O5/c1-17(29)28(16-22(30)31)15-7-14-27(2)13-6-12-26-21-11-5-10-20-23(21)25(33)19-9-4-3-8-18(19)24(20)32/h3-5,8-11,26H,6-7,12-16H2,1-2H3,(H,30,31). The van der Waals surface area contributed by atoms with E-state index < -0.39 is 5.97 Å². The van der Waals surface area contributed by atoms with Gasteiger partial charge in [-0.1, -0.05) is 36.4 Å². The largest absolute Gasteiger partial charge is 0.480 e. The van der Waals surface area contributed by atoms with Gasteiger partial charge in [0.05, 0.1) is 5.56 Å². The number of nitrogens with zero attached hydrogens (tertiary/aromatic N) is 2. The van der Waals surface area contributed by atoms with Crippen molar-refractivity contribution >= 4 is 29.1 Å². The van der Waals surface area contributed by atoms with Gasteiger partial charge in [0.1, 0.15) is 6.54 Å². The number of hydrogen-bond donors (Lipinski definition) is 2. The minimum absolute atomic E-state index is 0.133. The molecule has 2 aromatic rings. The monoisotopic (exact) mass is 451 g/mol. The second kappa shape index (κ2) is 10.9. The van der Waals surface area contributed by atoms with Crippen molar-refractivity contribution in [1.82, 2.24) is 9.80 Å². The van der Waals surface area contributed by atoms with E-state index >= 15 is 0 Å². The van der Waals surface area contributed by atoms with Gasteiger partial charge in [0.15, 0.2) is 11.6 Å². The van der Waals surface area contributed by atoms with Crippen LogP contribution < -0.4 is 5.32 Å². The molecule has 1 amide bonds. The summed E-state index contributed by atoms with van der Waals surface area (Å²) in [5.41, 5.74) is 2.40. The maximum Gasteiger partial charge on any atom is 0.323 e.